The molecule has 0 saturated carbocycles. The van der Waals surface area contributed by atoms with E-state index in [1.165, 1.54) is 0 Å². The predicted octanol–water partition coefficient (Wildman–Crippen LogP) is 2.64. The summed E-state index contributed by atoms with van der Waals surface area (Å²) >= 11 is 6.03. The van der Waals surface area contributed by atoms with E-state index in [9.17, 15) is 10.5 Å². The highest BCUT2D eigenvalue weighted by Crippen LogP contribution is 2.26. The highest BCUT2D eigenvalue weighted by molar-refractivity contribution is 6.30. The van der Waals surface area contributed by atoms with E-state index < -0.39 is 5.54 Å². The summed E-state index contributed by atoms with van der Waals surface area (Å²) in [7, 11) is 0. The Bertz CT molecular complexity index is 575. The second-order valence-corrected chi connectivity index (χ2v) is 5.85. The fourth-order valence-electron chi connectivity index (χ4n) is 2.44. The number of hydrogen-bond donors (Lipinski definition) is 0. The molecule has 0 atom stereocenters. The average molecular weight is 289 g/mol. The zero-order valence-electron chi connectivity index (χ0n) is 11.7. The van der Waals surface area contributed by atoms with Gasteiger partial charge in [0.05, 0.1) is 17.3 Å². The standard InChI is InChI=1S/C15H17ClN4/c1-15(2,11-18)20-7-5-19(6-8-20)14-9-13(16)4-3-12(14)10-17/h3-4,9H,5-8H2,1-2H3. The van der Waals surface area contributed by atoms with Crippen LogP contribution in [-0.4, -0.2) is 36.6 Å². The first-order valence-corrected chi connectivity index (χ1v) is 6.96. The Morgan fingerprint density at radius 2 is 1.80 bits per heavy atom. The van der Waals surface area contributed by atoms with E-state index >= 15 is 0 Å². The molecule has 0 spiro atoms. The van der Waals surface area contributed by atoms with Gasteiger partial charge in [-0.1, -0.05) is 11.6 Å². The number of halogens is 1. The molecule has 1 aliphatic heterocycles. The van der Waals surface area contributed by atoms with E-state index in [2.05, 4.69) is 21.9 Å². The maximum absolute atomic E-state index is 9.19. The van der Waals surface area contributed by atoms with Crippen molar-refractivity contribution in [3.05, 3.63) is 28.8 Å². The largest absolute Gasteiger partial charge is 0.368 e. The van der Waals surface area contributed by atoms with Crippen molar-refractivity contribution in [2.24, 2.45) is 0 Å². The molecule has 20 heavy (non-hydrogen) atoms. The van der Waals surface area contributed by atoms with Crippen molar-refractivity contribution in [1.82, 2.24) is 4.90 Å². The third-order valence-electron chi connectivity index (χ3n) is 3.76. The molecule has 0 bridgehead atoms. The smallest absolute Gasteiger partial charge is 0.103 e. The second kappa shape index (κ2) is 5.71. The summed E-state index contributed by atoms with van der Waals surface area (Å²) in [5, 5.41) is 19.0. The topological polar surface area (TPSA) is 54.1 Å². The van der Waals surface area contributed by atoms with Crippen LogP contribution >= 0.6 is 11.6 Å². The Morgan fingerprint density at radius 3 is 2.35 bits per heavy atom. The van der Waals surface area contributed by atoms with Crippen molar-refractivity contribution < 1.29 is 0 Å². The fourth-order valence-corrected chi connectivity index (χ4v) is 2.60. The fraction of sp³-hybridized carbons (Fsp3) is 0.467. The van der Waals surface area contributed by atoms with Crippen LogP contribution in [0.1, 0.15) is 19.4 Å². The molecule has 1 heterocycles. The predicted molar refractivity (Wildman–Crippen MR) is 79.6 cm³/mol. The number of nitriles is 2. The lowest BCUT2D eigenvalue weighted by Gasteiger charge is -2.41. The monoisotopic (exact) mass is 288 g/mol. The number of piperazine rings is 1. The van der Waals surface area contributed by atoms with Crippen molar-refractivity contribution in [2.75, 3.05) is 31.1 Å². The molecule has 1 aliphatic rings. The third kappa shape index (κ3) is 2.88. The molecule has 5 heteroatoms. The summed E-state index contributed by atoms with van der Waals surface area (Å²) in [6.45, 7) is 7.06. The van der Waals surface area contributed by atoms with Gasteiger partial charge in [-0.3, -0.25) is 4.90 Å². The highest BCUT2D eigenvalue weighted by Gasteiger charge is 2.30. The molecule has 0 aliphatic carbocycles. The van der Waals surface area contributed by atoms with Crippen LogP contribution in [0.3, 0.4) is 0 Å². The maximum Gasteiger partial charge on any atom is 0.103 e. The summed E-state index contributed by atoms with van der Waals surface area (Å²) in [5.41, 5.74) is 1.08. The minimum atomic E-state index is -0.446. The van der Waals surface area contributed by atoms with Gasteiger partial charge >= 0.3 is 0 Å². The van der Waals surface area contributed by atoms with Crippen LogP contribution in [0.5, 0.6) is 0 Å². The minimum Gasteiger partial charge on any atom is -0.368 e. The molecule has 1 fully saturated rings. The molecular weight excluding hydrogens is 272 g/mol. The SMILES string of the molecule is CC(C)(C#N)N1CCN(c2cc(Cl)ccc2C#N)CC1. The first-order chi connectivity index (χ1) is 9.47. The first kappa shape index (κ1) is 14.7. The molecule has 0 amide bonds. The zero-order valence-corrected chi connectivity index (χ0v) is 12.5. The van der Waals surface area contributed by atoms with Gasteiger partial charge < -0.3 is 4.90 Å². The van der Waals surface area contributed by atoms with E-state index in [0.29, 0.717) is 10.6 Å². The number of rotatable bonds is 2. The van der Waals surface area contributed by atoms with Gasteiger partial charge in [0.1, 0.15) is 11.6 Å². The summed E-state index contributed by atoms with van der Waals surface area (Å²) in [6, 6.07) is 9.86. The molecular formula is C15H17ClN4. The Balaban J connectivity index is 2.14. The van der Waals surface area contributed by atoms with E-state index in [1.807, 2.05) is 19.9 Å². The molecule has 0 unspecified atom stereocenters. The number of anilines is 1. The quantitative estimate of drug-likeness (QED) is 0.839. The van der Waals surface area contributed by atoms with Crippen LogP contribution in [-0.2, 0) is 0 Å². The molecule has 0 aromatic heterocycles. The van der Waals surface area contributed by atoms with Crippen molar-refractivity contribution >= 4 is 17.3 Å². The van der Waals surface area contributed by atoms with Gasteiger partial charge in [0.25, 0.3) is 0 Å². The van der Waals surface area contributed by atoms with Crippen LogP contribution in [0.15, 0.2) is 18.2 Å². The number of hydrogen-bond acceptors (Lipinski definition) is 4. The van der Waals surface area contributed by atoms with Gasteiger partial charge in [-0.2, -0.15) is 10.5 Å². The lowest BCUT2D eigenvalue weighted by molar-refractivity contribution is 0.158. The molecule has 104 valence electrons. The van der Waals surface area contributed by atoms with Crippen LogP contribution in [0.4, 0.5) is 5.69 Å². The lowest BCUT2D eigenvalue weighted by Crippen LogP contribution is -2.54. The molecule has 1 aromatic carbocycles. The summed E-state index contributed by atoms with van der Waals surface area (Å²) < 4.78 is 0. The Morgan fingerprint density at radius 1 is 1.15 bits per heavy atom. The number of nitrogens with zero attached hydrogens (tertiary/aromatic N) is 4. The van der Waals surface area contributed by atoms with Crippen molar-refractivity contribution in [1.29, 1.82) is 10.5 Å². The van der Waals surface area contributed by atoms with Gasteiger partial charge in [-0.15, -0.1) is 0 Å². The van der Waals surface area contributed by atoms with Gasteiger partial charge in [0.2, 0.25) is 0 Å². The summed E-state index contributed by atoms with van der Waals surface area (Å²) in [4.78, 5) is 4.33. The van der Waals surface area contributed by atoms with Gasteiger partial charge in [-0.25, -0.2) is 0 Å². The maximum atomic E-state index is 9.19. The van der Waals surface area contributed by atoms with Crippen molar-refractivity contribution in [3.63, 3.8) is 0 Å². The van der Waals surface area contributed by atoms with Crippen LogP contribution in [0.25, 0.3) is 0 Å². The average Bonchev–Trinajstić information content (AvgIpc) is 2.47. The van der Waals surface area contributed by atoms with Crippen LogP contribution in [0.2, 0.25) is 5.02 Å². The van der Waals surface area contributed by atoms with Gasteiger partial charge in [0, 0.05) is 31.2 Å². The first-order valence-electron chi connectivity index (χ1n) is 6.59. The Kier molecular flexibility index (Phi) is 4.18. The van der Waals surface area contributed by atoms with E-state index in [1.54, 1.807) is 12.1 Å². The normalized spacial score (nSPS) is 16.6. The van der Waals surface area contributed by atoms with Gasteiger partial charge in [-0.05, 0) is 32.0 Å². The Labute approximate surface area is 124 Å². The summed E-state index contributed by atoms with van der Waals surface area (Å²) in [5.74, 6) is 0. The zero-order chi connectivity index (χ0) is 14.8. The van der Waals surface area contributed by atoms with E-state index in [0.717, 1.165) is 31.9 Å². The van der Waals surface area contributed by atoms with Crippen molar-refractivity contribution in [2.45, 2.75) is 19.4 Å². The Hall–Kier alpha value is -1.75. The third-order valence-corrected chi connectivity index (χ3v) is 4.00. The highest BCUT2D eigenvalue weighted by atomic mass is 35.5. The van der Waals surface area contributed by atoms with Crippen molar-refractivity contribution in [3.8, 4) is 12.1 Å². The number of benzene rings is 1. The van der Waals surface area contributed by atoms with Gasteiger partial charge in [0.15, 0.2) is 0 Å². The molecule has 1 saturated heterocycles. The molecule has 4 nitrogen and oxygen atoms in total. The molecule has 0 N–H and O–H groups in total. The minimum absolute atomic E-state index is 0.446. The lowest BCUT2D eigenvalue weighted by atomic mass is 10.0. The van der Waals surface area contributed by atoms with E-state index in [4.69, 9.17) is 11.6 Å². The molecule has 2 rings (SSSR count). The second-order valence-electron chi connectivity index (χ2n) is 5.42. The van der Waals surface area contributed by atoms with Crippen LogP contribution < -0.4 is 4.90 Å². The molecule has 1 aromatic rings. The summed E-state index contributed by atoms with van der Waals surface area (Å²) in [6.07, 6.45) is 0. The van der Waals surface area contributed by atoms with E-state index in [-0.39, 0.29) is 0 Å². The molecule has 0 radical (unpaired) electrons. The van der Waals surface area contributed by atoms with Crippen LogP contribution in [0, 0.1) is 22.7 Å².